The molecule has 0 atom stereocenters. The van der Waals surface area contributed by atoms with Gasteiger partial charge in [-0.1, -0.05) is 36.4 Å². The number of nitrogens with zero attached hydrogens (tertiary/aromatic N) is 3. The second-order valence-corrected chi connectivity index (χ2v) is 9.36. The second-order valence-electron chi connectivity index (χ2n) is 9.36. The highest BCUT2D eigenvalue weighted by Crippen LogP contribution is 2.40. The topological polar surface area (TPSA) is 73.4 Å². The first-order chi connectivity index (χ1) is 17.0. The highest BCUT2D eigenvalue weighted by Gasteiger charge is 2.28. The molecule has 3 aromatic rings. The van der Waals surface area contributed by atoms with Crippen LogP contribution >= 0.6 is 0 Å². The summed E-state index contributed by atoms with van der Waals surface area (Å²) in [6.07, 6.45) is 5.13. The van der Waals surface area contributed by atoms with Gasteiger partial charge in [0, 0.05) is 31.4 Å². The summed E-state index contributed by atoms with van der Waals surface area (Å²) in [5, 5.41) is 4.50. The fourth-order valence-corrected chi connectivity index (χ4v) is 5.10. The first kappa shape index (κ1) is 23.3. The van der Waals surface area contributed by atoms with E-state index in [9.17, 15) is 9.18 Å². The molecule has 2 heterocycles. The van der Waals surface area contributed by atoms with E-state index in [1.807, 2.05) is 12.1 Å². The van der Waals surface area contributed by atoms with Crippen molar-refractivity contribution >= 4 is 17.2 Å². The highest BCUT2D eigenvalue weighted by atomic mass is 19.1. The van der Waals surface area contributed by atoms with Crippen molar-refractivity contribution in [3.8, 4) is 5.75 Å². The van der Waals surface area contributed by atoms with Gasteiger partial charge in [-0.2, -0.15) is 9.78 Å². The number of carbonyl (C=O) groups excluding carboxylic acids is 1. The van der Waals surface area contributed by atoms with Crippen LogP contribution in [-0.2, 0) is 6.42 Å². The molecule has 5 rings (SSSR count). The van der Waals surface area contributed by atoms with Crippen molar-refractivity contribution in [1.29, 1.82) is 0 Å². The van der Waals surface area contributed by atoms with E-state index in [0.29, 0.717) is 6.42 Å². The number of rotatable bonds is 7. The van der Waals surface area contributed by atoms with Crippen molar-refractivity contribution in [1.82, 2.24) is 14.7 Å². The monoisotopic (exact) mass is 474 g/mol. The number of fused-ring (bicyclic) bond motifs is 1. The van der Waals surface area contributed by atoms with Crippen molar-refractivity contribution < 1.29 is 13.9 Å². The third-order valence-corrected chi connectivity index (χ3v) is 6.88. The van der Waals surface area contributed by atoms with Crippen molar-refractivity contribution in [2.45, 2.75) is 38.7 Å². The highest BCUT2D eigenvalue weighted by molar-refractivity contribution is 6.00. The van der Waals surface area contributed by atoms with Gasteiger partial charge in [-0.3, -0.25) is 9.29 Å². The first-order valence-electron chi connectivity index (χ1n) is 12.3. The number of hydrogen-bond acceptors (Lipinski definition) is 4. The summed E-state index contributed by atoms with van der Waals surface area (Å²) < 4.78 is 19.8. The number of allylic oxidation sites excluding steroid dienone is 1. The third kappa shape index (κ3) is 4.86. The molecule has 2 aliphatic rings. The van der Waals surface area contributed by atoms with Crippen molar-refractivity contribution in [2.75, 3.05) is 26.3 Å². The van der Waals surface area contributed by atoms with Crippen LogP contribution in [0.4, 0.5) is 9.18 Å². The Bertz CT molecular complexity index is 1240. The lowest BCUT2D eigenvalue weighted by atomic mass is 9.88. The first-order valence-corrected chi connectivity index (χ1v) is 12.3. The van der Waals surface area contributed by atoms with E-state index in [1.165, 1.54) is 21.4 Å². The molecule has 35 heavy (non-hydrogen) atoms. The van der Waals surface area contributed by atoms with Gasteiger partial charge in [0.1, 0.15) is 11.9 Å². The SMILES string of the molecule is Cc1ccccc1C1=C(c2ccc(OC3CN(CCCF)C3)cc2)c2cn(C(N)=O)nc2CCC1. The fraction of sp³-hybridized carbons (Fsp3) is 0.357. The Balaban J connectivity index is 1.48. The van der Waals surface area contributed by atoms with Crippen LogP contribution in [0, 0.1) is 6.92 Å². The van der Waals surface area contributed by atoms with Crippen LogP contribution in [0.3, 0.4) is 0 Å². The Morgan fingerprint density at radius 2 is 1.89 bits per heavy atom. The normalized spacial score (nSPS) is 16.5. The zero-order valence-electron chi connectivity index (χ0n) is 20.0. The van der Waals surface area contributed by atoms with Gasteiger partial charge in [0.2, 0.25) is 0 Å². The zero-order chi connectivity index (χ0) is 24.4. The average Bonchev–Trinajstić information content (AvgIpc) is 3.17. The van der Waals surface area contributed by atoms with Gasteiger partial charge in [-0.15, -0.1) is 0 Å². The van der Waals surface area contributed by atoms with Crippen LogP contribution in [0.25, 0.3) is 11.1 Å². The van der Waals surface area contributed by atoms with Crippen molar-refractivity contribution in [3.63, 3.8) is 0 Å². The van der Waals surface area contributed by atoms with Gasteiger partial charge < -0.3 is 10.5 Å². The number of likely N-dealkylation sites (tertiary alicyclic amines) is 1. The molecule has 7 heteroatoms. The van der Waals surface area contributed by atoms with Gasteiger partial charge in [-0.05, 0) is 72.6 Å². The van der Waals surface area contributed by atoms with E-state index in [4.69, 9.17) is 10.5 Å². The lowest BCUT2D eigenvalue weighted by Crippen LogP contribution is -2.53. The van der Waals surface area contributed by atoms with Gasteiger partial charge in [0.25, 0.3) is 0 Å². The molecule has 0 spiro atoms. The number of benzene rings is 2. The van der Waals surface area contributed by atoms with Crippen LogP contribution in [0.15, 0.2) is 54.7 Å². The Kier molecular flexibility index (Phi) is 6.68. The summed E-state index contributed by atoms with van der Waals surface area (Å²) in [7, 11) is 0. The summed E-state index contributed by atoms with van der Waals surface area (Å²) >= 11 is 0. The third-order valence-electron chi connectivity index (χ3n) is 6.88. The van der Waals surface area contributed by atoms with Gasteiger partial charge >= 0.3 is 6.03 Å². The zero-order valence-corrected chi connectivity index (χ0v) is 20.0. The Labute approximate surface area is 205 Å². The summed E-state index contributed by atoms with van der Waals surface area (Å²) in [6.45, 7) is 4.31. The molecule has 0 saturated carbocycles. The minimum atomic E-state index is -0.584. The predicted molar refractivity (Wildman–Crippen MR) is 135 cm³/mol. The number of nitrogens with two attached hydrogens (primary N) is 1. The van der Waals surface area contributed by atoms with Crippen LogP contribution in [0.2, 0.25) is 0 Å². The molecule has 1 aliphatic carbocycles. The van der Waals surface area contributed by atoms with E-state index in [-0.39, 0.29) is 12.8 Å². The van der Waals surface area contributed by atoms with E-state index >= 15 is 0 Å². The van der Waals surface area contributed by atoms with Crippen LogP contribution in [-0.4, -0.2) is 53.1 Å². The standard InChI is InChI=1S/C28H31FN4O2/c1-19-6-2-3-7-23(19)24-8-4-9-26-25(18-33(31-26)28(30)34)27(24)20-10-12-21(13-11-20)35-22-16-32(17-22)15-5-14-29/h2-3,6-7,10-13,18,22H,4-5,8-9,14-17H2,1H3,(H2,30,34). The smallest absolute Gasteiger partial charge is 0.339 e. The summed E-state index contributed by atoms with van der Waals surface area (Å²) in [4.78, 5) is 14.1. The summed E-state index contributed by atoms with van der Waals surface area (Å²) in [5.41, 5.74) is 13.2. The molecule has 2 aromatic carbocycles. The molecular weight excluding hydrogens is 443 g/mol. The van der Waals surface area contributed by atoms with E-state index < -0.39 is 6.03 Å². The van der Waals surface area contributed by atoms with E-state index in [2.05, 4.69) is 53.3 Å². The number of alkyl halides is 1. The number of aromatic nitrogens is 2. The minimum Gasteiger partial charge on any atom is -0.488 e. The molecule has 1 aliphatic heterocycles. The Morgan fingerprint density at radius 3 is 2.60 bits per heavy atom. The largest absolute Gasteiger partial charge is 0.488 e. The molecule has 6 nitrogen and oxygen atoms in total. The van der Waals surface area contributed by atoms with Crippen LogP contribution < -0.4 is 10.5 Å². The molecule has 182 valence electrons. The molecular formula is C28H31FN4O2. The van der Waals surface area contributed by atoms with Crippen LogP contribution in [0.1, 0.15) is 47.2 Å². The van der Waals surface area contributed by atoms with Crippen LogP contribution in [0.5, 0.6) is 5.75 Å². The fourth-order valence-electron chi connectivity index (χ4n) is 5.10. The van der Waals surface area contributed by atoms with Gasteiger partial charge in [-0.25, -0.2) is 4.79 Å². The number of halogens is 1. The molecule has 0 radical (unpaired) electrons. The van der Waals surface area contributed by atoms with Crippen molar-refractivity contribution in [3.05, 3.63) is 82.7 Å². The minimum absolute atomic E-state index is 0.139. The summed E-state index contributed by atoms with van der Waals surface area (Å²) in [6, 6.07) is 16.0. The molecule has 1 saturated heterocycles. The molecule has 1 fully saturated rings. The maximum absolute atomic E-state index is 12.4. The van der Waals surface area contributed by atoms with Gasteiger partial charge in [0.05, 0.1) is 12.4 Å². The quantitative estimate of drug-likeness (QED) is 0.532. The molecule has 1 aromatic heterocycles. The molecule has 0 unspecified atom stereocenters. The number of aryl methyl sites for hydroxylation is 2. The summed E-state index contributed by atoms with van der Waals surface area (Å²) in [5.74, 6) is 0.823. The van der Waals surface area contributed by atoms with E-state index in [1.54, 1.807) is 6.20 Å². The predicted octanol–water partition coefficient (Wildman–Crippen LogP) is 4.84. The van der Waals surface area contributed by atoms with Gasteiger partial charge in [0.15, 0.2) is 0 Å². The van der Waals surface area contributed by atoms with E-state index in [0.717, 1.165) is 67.0 Å². The molecule has 2 N–H and O–H groups in total. The number of carbonyl (C=O) groups is 1. The second kappa shape index (κ2) is 10.0. The maximum atomic E-state index is 12.4. The Hall–Kier alpha value is -3.45. The number of hydrogen-bond donors (Lipinski definition) is 1. The number of amides is 1. The molecule has 0 bridgehead atoms. The maximum Gasteiger partial charge on any atom is 0.339 e. The molecule has 1 amide bonds. The van der Waals surface area contributed by atoms with Crippen molar-refractivity contribution in [2.24, 2.45) is 5.73 Å². The number of ether oxygens (including phenoxy) is 1. The average molecular weight is 475 g/mol. The lowest BCUT2D eigenvalue weighted by molar-refractivity contribution is 0.0184. The number of primary amides is 1. The lowest BCUT2D eigenvalue weighted by Gasteiger charge is -2.38. The Morgan fingerprint density at radius 1 is 1.11 bits per heavy atom.